The van der Waals surface area contributed by atoms with Gasteiger partial charge in [-0.05, 0) is 48.9 Å². The van der Waals surface area contributed by atoms with Crippen LogP contribution >= 0.6 is 15.9 Å². The highest BCUT2D eigenvalue weighted by Crippen LogP contribution is 2.39. The Morgan fingerprint density at radius 1 is 1.59 bits per heavy atom. The first-order chi connectivity index (χ1) is 8.08. The minimum absolute atomic E-state index is 0.0567. The highest BCUT2D eigenvalue weighted by molar-refractivity contribution is 9.10. The molecule has 2 rings (SSSR count). The van der Waals surface area contributed by atoms with Crippen LogP contribution in [0.5, 0.6) is 5.75 Å². The molecule has 92 valence electrons. The lowest BCUT2D eigenvalue weighted by atomic mass is 9.90. The molecule has 4 heteroatoms. The third-order valence-electron chi connectivity index (χ3n) is 3.07. The van der Waals surface area contributed by atoms with E-state index in [0.717, 1.165) is 34.2 Å². The first kappa shape index (κ1) is 12.4. The molecule has 0 spiro atoms. The second-order valence-corrected chi connectivity index (χ2v) is 5.34. The summed E-state index contributed by atoms with van der Waals surface area (Å²) in [7, 11) is 0. The van der Waals surface area contributed by atoms with Crippen LogP contribution in [-0.4, -0.2) is 17.7 Å². The SMILES string of the molecule is Cc1cc(Br)cc2c1OCCCC2CC(=O)O. The maximum Gasteiger partial charge on any atom is 0.303 e. The molecule has 1 aromatic rings. The number of benzene rings is 1. The summed E-state index contributed by atoms with van der Waals surface area (Å²) in [5, 5.41) is 8.97. The van der Waals surface area contributed by atoms with Gasteiger partial charge in [0.05, 0.1) is 13.0 Å². The molecule has 0 radical (unpaired) electrons. The van der Waals surface area contributed by atoms with E-state index >= 15 is 0 Å². The summed E-state index contributed by atoms with van der Waals surface area (Å²) in [4.78, 5) is 10.9. The van der Waals surface area contributed by atoms with Gasteiger partial charge in [0.25, 0.3) is 0 Å². The maximum atomic E-state index is 10.9. The highest BCUT2D eigenvalue weighted by Gasteiger charge is 2.23. The standard InChI is InChI=1S/C13H15BrO3/c1-8-5-10(14)7-11-9(6-12(15)16)3-2-4-17-13(8)11/h5,7,9H,2-4,6H2,1H3,(H,15,16). The van der Waals surface area contributed by atoms with Gasteiger partial charge >= 0.3 is 5.97 Å². The van der Waals surface area contributed by atoms with Gasteiger partial charge < -0.3 is 9.84 Å². The molecular weight excluding hydrogens is 284 g/mol. The Morgan fingerprint density at radius 2 is 2.35 bits per heavy atom. The van der Waals surface area contributed by atoms with E-state index in [9.17, 15) is 4.79 Å². The van der Waals surface area contributed by atoms with E-state index in [1.54, 1.807) is 0 Å². The van der Waals surface area contributed by atoms with Gasteiger partial charge in [-0.1, -0.05) is 15.9 Å². The van der Waals surface area contributed by atoms with Crippen LogP contribution in [0.25, 0.3) is 0 Å². The van der Waals surface area contributed by atoms with E-state index in [0.29, 0.717) is 6.61 Å². The monoisotopic (exact) mass is 298 g/mol. The fourth-order valence-electron chi connectivity index (χ4n) is 2.34. The Balaban J connectivity index is 2.43. The van der Waals surface area contributed by atoms with Gasteiger partial charge in [-0.3, -0.25) is 4.79 Å². The molecule has 0 bridgehead atoms. The Labute approximate surface area is 109 Å². The van der Waals surface area contributed by atoms with Crippen molar-refractivity contribution in [2.75, 3.05) is 6.61 Å². The summed E-state index contributed by atoms with van der Waals surface area (Å²) in [6.07, 6.45) is 1.95. The molecule has 1 aromatic carbocycles. The lowest BCUT2D eigenvalue weighted by molar-refractivity contribution is -0.137. The minimum atomic E-state index is -0.750. The average Bonchev–Trinajstić information content (AvgIpc) is 2.41. The number of aliphatic carboxylic acids is 1. The van der Waals surface area contributed by atoms with Gasteiger partial charge in [0.2, 0.25) is 0 Å². The van der Waals surface area contributed by atoms with E-state index < -0.39 is 5.97 Å². The van der Waals surface area contributed by atoms with Crippen LogP contribution in [0.1, 0.15) is 36.3 Å². The highest BCUT2D eigenvalue weighted by atomic mass is 79.9. The van der Waals surface area contributed by atoms with Crippen LogP contribution in [0.4, 0.5) is 0 Å². The molecule has 1 unspecified atom stereocenters. The number of carboxylic acids is 1. The van der Waals surface area contributed by atoms with Crippen molar-refractivity contribution in [3.63, 3.8) is 0 Å². The van der Waals surface area contributed by atoms with Crippen LogP contribution in [0, 0.1) is 6.92 Å². The summed E-state index contributed by atoms with van der Waals surface area (Å²) in [5.41, 5.74) is 2.09. The minimum Gasteiger partial charge on any atom is -0.493 e. The Bertz CT molecular complexity index is 443. The predicted octanol–water partition coefficient (Wildman–Crippen LogP) is 3.49. The molecule has 0 aliphatic carbocycles. The van der Waals surface area contributed by atoms with Crippen molar-refractivity contribution in [1.29, 1.82) is 0 Å². The molecule has 1 atom stereocenters. The molecular formula is C13H15BrO3. The number of carboxylic acid groups (broad SMARTS) is 1. The number of ether oxygens (including phenoxy) is 1. The van der Waals surface area contributed by atoms with Gasteiger partial charge in [-0.25, -0.2) is 0 Å². The normalized spacial score (nSPS) is 19.1. The largest absolute Gasteiger partial charge is 0.493 e. The molecule has 1 aliphatic heterocycles. The zero-order valence-corrected chi connectivity index (χ0v) is 11.3. The molecule has 0 fully saturated rings. The zero-order valence-electron chi connectivity index (χ0n) is 9.70. The third kappa shape index (κ3) is 2.80. The number of fused-ring (bicyclic) bond motifs is 1. The number of hydrogen-bond acceptors (Lipinski definition) is 2. The first-order valence-corrected chi connectivity index (χ1v) is 6.52. The van der Waals surface area contributed by atoms with Gasteiger partial charge in [0.1, 0.15) is 5.75 Å². The summed E-state index contributed by atoms with van der Waals surface area (Å²) < 4.78 is 6.71. The lowest BCUT2D eigenvalue weighted by Crippen LogP contribution is -2.06. The Kier molecular flexibility index (Phi) is 3.72. The quantitative estimate of drug-likeness (QED) is 0.909. The van der Waals surface area contributed by atoms with Crippen molar-refractivity contribution in [3.8, 4) is 5.75 Å². The Hall–Kier alpha value is -1.03. The average molecular weight is 299 g/mol. The summed E-state index contributed by atoms with van der Waals surface area (Å²) in [5.74, 6) is 0.179. The molecule has 0 saturated heterocycles. The summed E-state index contributed by atoms with van der Waals surface area (Å²) in [6.45, 7) is 2.67. The fraction of sp³-hybridized carbons (Fsp3) is 0.462. The predicted molar refractivity (Wildman–Crippen MR) is 68.6 cm³/mol. The lowest BCUT2D eigenvalue weighted by Gasteiger charge is -2.16. The van der Waals surface area contributed by atoms with Crippen LogP contribution in [0.3, 0.4) is 0 Å². The van der Waals surface area contributed by atoms with Crippen molar-refractivity contribution in [2.45, 2.75) is 32.1 Å². The smallest absolute Gasteiger partial charge is 0.303 e. The maximum absolute atomic E-state index is 10.9. The third-order valence-corrected chi connectivity index (χ3v) is 3.53. The molecule has 1 aliphatic rings. The Morgan fingerprint density at radius 3 is 3.06 bits per heavy atom. The number of hydrogen-bond donors (Lipinski definition) is 1. The van der Waals surface area contributed by atoms with Gasteiger partial charge in [-0.15, -0.1) is 0 Å². The molecule has 0 amide bonds. The molecule has 17 heavy (non-hydrogen) atoms. The zero-order chi connectivity index (χ0) is 12.4. The van der Waals surface area contributed by atoms with E-state index in [1.807, 2.05) is 19.1 Å². The van der Waals surface area contributed by atoms with Crippen molar-refractivity contribution >= 4 is 21.9 Å². The summed E-state index contributed by atoms with van der Waals surface area (Å²) >= 11 is 3.46. The van der Waals surface area contributed by atoms with Crippen LogP contribution < -0.4 is 4.74 Å². The van der Waals surface area contributed by atoms with Crippen molar-refractivity contribution in [1.82, 2.24) is 0 Å². The second kappa shape index (κ2) is 5.08. The van der Waals surface area contributed by atoms with Crippen molar-refractivity contribution < 1.29 is 14.6 Å². The number of rotatable bonds is 2. The van der Waals surface area contributed by atoms with Crippen molar-refractivity contribution in [3.05, 3.63) is 27.7 Å². The van der Waals surface area contributed by atoms with Crippen molar-refractivity contribution in [2.24, 2.45) is 0 Å². The van der Waals surface area contributed by atoms with E-state index in [-0.39, 0.29) is 12.3 Å². The van der Waals surface area contributed by atoms with Gasteiger partial charge in [0, 0.05) is 4.47 Å². The van der Waals surface area contributed by atoms with E-state index in [2.05, 4.69) is 15.9 Å². The molecule has 3 nitrogen and oxygen atoms in total. The molecule has 1 N–H and O–H groups in total. The second-order valence-electron chi connectivity index (χ2n) is 4.43. The van der Waals surface area contributed by atoms with E-state index in [1.165, 1.54) is 0 Å². The first-order valence-electron chi connectivity index (χ1n) is 5.72. The number of halogens is 1. The molecule has 0 aromatic heterocycles. The topological polar surface area (TPSA) is 46.5 Å². The molecule has 0 saturated carbocycles. The molecule has 1 heterocycles. The fourth-order valence-corrected chi connectivity index (χ4v) is 2.93. The van der Waals surface area contributed by atoms with Gasteiger partial charge in [-0.2, -0.15) is 0 Å². The number of carbonyl (C=O) groups is 1. The summed E-state index contributed by atoms with van der Waals surface area (Å²) in [6, 6.07) is 3.99. The number of aryl methyl sites for hydroxylation is 1. The van der Waals surface area contributed by atoms with Crippen LogP contribution in [0.2, 0.25) is 0 Å². The van der Waals surface area contributed by atoms with Gasteiger partial charge in [0.15, 0.2) is 0 Å². The van der Waals surface area contributed by atoms with Crippen LogP contribution in [0.15, 0.2) is 16.6 Å². The van der Waals surface area contributed by atoms with E-state index in [4.69, 9.17) is 9.84 Å². The van der Waals surface area contributed by atoms with Crippen LogP contribution in [-0.2, 0) is 4.79 Å².